The summed E-state index contributed by atoms with van der Waals surface area (Å²) in [7, 11) is 2.97. The Kier molecular flexibility index (Phi) is 4.62. The van der Waals surface area contributed by atoms with Crippen molar-refractivity contribution in [2.45, 2.75) is 6.61 Å². The molecule has 2 heterocycles. The first-order chi connectivity index (χ1) is 8.81. The highest BCUT2D eigenvalue weighted by Crippen LogP contribution is 2.10. The average Bonchev–Trinajstić information content (AvgIpc) is 2.45. The second-order valence-electron chi connectivity index (χ2n) is 3.54. The van der Waals surface area contributed by atoms with E-state index < -0.39 is 0 Å². The van der Waals surface area contributed by atoms with E-state index in [1.165, 1.54) is 14.2 Å². The lowest BCUT2D eigenvalue weighted by Gasteiger charge is -2.25. The van der Waals surface area contributed by atoms with Crippen molar-refractivity contribution >= 4 is 0 Å². The lowest BCUT2D eigenvalue weighted by molar-refractivity contribution is -0.203. The number of hydrogen-bond acceptors (Lipinski definition) is 8. The Labute approximate surface area is 105 Å². The molecule has 0 bridgehead atoms. The van der Waals surface area contributed by atoms with Crippen LogP contribution >= 0.6 is 0 Å². The van der Waals surface area contributed by atoms with E-state index in [1.807, 2.05) is 5.06 Å². The lowest BCUT2D eigenvalue weighted by Crippen LogP contribution is -2.36. The van der Waals surface area contributed by atoms with Crippen LogP contribution in [0.3, 0.4) is 0 Å². The van der Waals surface area contributed by atoms with Crippen LogP contribution in [0.2, 0.25) is 0 Å². The third-order valence-corrected chi connectivity index (χ3v) is 2.35. The van der Waals surface area contributed by atoms with E-state index in [1.54, 1.807) is 0 Å². The number of nitrogens with zero attached hydrogens (tertiary/aromatic N) is 4. The maximum atomic E-state index is 5.56. The zero-order valence-corrected chi connectivity index (χ0v) is 10.5. The van der Waals surface area contributed by atoms with E-state index in [2.05, 4.69) is 15.0 Å². The van der Waals surface area contributed by atoms with Crippen molar-refractivity contribution in [3.63, 3.8) is 0 Å². The molecule has 2 rings (SSSR count). The predicted octanol–water partition coefficient (Wildman–Crippen LogP) is -0.347. The maximum Gasteiger partial charge on any atom is 0.322 e. The van der Waals surface area contributed by atoms with Crippen LogP contribution in [0.4, 0.5) is 0 Å². The molecule has 100 valence electrons. The maximum absolute atomic E-state index is 5.56. The molecule has 0 aromatic carbocycles. The van der Waals surface area contributed by atoms with Crippen molar-refractivity contribution in [2.75, 3.05) is 40.5 Å². The van der Waals surface area contributed by atoms with Gasteiger partial charge in [-0.2, -0.15) is 15.0 Å². The first-order valence-electron chi connectivity index (χ1n) is 5.60. The second kappa shape index (κ2) is 6.43. The van der Waals surface area contributed by atoms with Crippen LogP contribution in [-0.4, -0.2) is 60.5 Å². The largest absolute Gasteiger partial charge is 0.467 e. The molecule has 18 heavy (non-hydrogen) atoms. The Morgan fingerprint density at radius 2 is 1.67 bits per heavy atom. The number of ether oxygens (including phenoxy) is 3. The summed E-state index contributed by atoms with van der Waals surface area (Å²) in [6.45, 7) is 3.06. The van der Waals surface area contributed by atoms with Crippen LogP contribution in [0.15, 0.2) is 0 Å². The van der Waals surface area contributed by atoms with Gasteiger partial charge in [-0.25, -0.2) is 0 Å². The molecule has 0 amide bonds. The zero-order valence-electron chi connectivity index (χ0n) is 10.5. The zero-order chi connectivity index (χ0) is 12.8. The number of hydroxylamine groups is 2. The molecule has 1 aromatic rings. The number of methoxy groups -OCH3 is 2. The monoisotopic (exact) mass is 256 g/mol. The SMILES string of the molecule is COc1nc(CON2CCOCC2)nc(OC)n1. The van der Waals surface area contributed by atoms with Crippen molar-refractivity contribution < 1.29 is 19.0 Å². The molecular formula is C10H16N4O4. The van der Waals surface area contributed by atoms with Crippen LogP contribution in [0.25, 0.3) is 0 Å². The molecule has 0 spiro atoms. The molecule has 1 fully saturated rings. The number of hydrogen-bond donors (Lipinski definition) is 0. The van der Waals surface area contributed by atoms with Gasteiger partial charge in [-0.05, 0) is 0 Å². The van der Waals surface area contributed by atoms with Crippen LogP contribution in [0.1, 0.15) is 5.82 Å². The molecule has 0 radical (unpaired) electrons. The van der Waals surface area contributed by atoms with Crippen LogP contribution in [0, 0.1) is 0 Å². The summed E-state index contributed by atoms with van der Waals surface area (Å²) in [6.07, 6.45) is 0. The first-order valence-corrected chi connectivity index (χ1v) is 5.60. The molecule has 0 N–H and O–H groups in total. The van der Waals surface area contributed by atoms with Gasteiger partial charge in [0.05, 0.1) is 27.4 Å². The van der Waals surface area contributed by atoms with E-state index in [9.17, 15) is 0 Å². The van der Waals surface area contributed by atoms with Crippen LogP contribution in [-0.2, 0) is 16.2 Å². The minimum Gasteiger partial charge on any atom is -0.467 e. The minimum absolute atomic E-state index is 0.211. The highest BCUT2D eigenvalue weighted by atomic mass is 16.7. The van der Waals surface area contributed by atoms with Gasteiger partial charge < -0.3 is 14.2 Å². The van der Waals surface area contributed by atoms with Crippen molar-refractivity contribution in [1.29, 1.82) is 0 Å². The van der Waals surface area contributed by atoms with E-state index in [0.29, 0.717) is 19.0 Å². The molecule has 8 heteroatoms. The van der Waals surface area contributed by atoms with Crippen molar-refractivity contribution in [3.05, 3.63) is 5.82 Å². The Morgan fingerprint density at radius 1 is 1.06 bits per heavy atom. The first kappa shape index (κ1) is 12.9. The molecule has 1 aliphatic rings. The summed E-state index contributed by atoms with van der Waals surface area (Å²) in [5, 5.41) is 1.83. The smallest absolute Gasteiger partial charge is 0.322 e. The summed E-state index contributed by atoms with van der Waals surface area (Å²) >= 11 is 0. The molecular weight excluding hydrogens is 240 g/mol. The van der Waals surface area contributed by atoms with Gasteiger partial charge in [0.1, 0.15) is 6.61 Å². The number of aromatic nitrogens is 3. The molecule has 1 aliphatic heterocycles. The van der Waals surface area contributed by atoms with Crippen LogP contribution in [0.5, 0.6) is 12.0 Å². The van der Waals surface area contributed by atoms with E-state index >= 15 is 0 Å². The molecule has 1 aromatic heterocycles. The fourth-order valence-corrected chi connectivity index (χ4v) is 1.45. The molecule has 0 unspecified atom stereocenters. The summed E-state index contributed by atoms with van der Waals surface area (Å²) in [6, 6.07) is 0.421. The van der Waals surface area contributed by atoms with Gasteiger partial charge in [0.15, 0.2) is 5.82 Å². The summed E-state index contributed by atoms with van der Waals surface area (Å²) in [5.74, 6) is 0.463. The Balaban J connectivity index is 1.94. The molecule has 8 nitrogen and oxygen atoms in total. The molecule has 0 aliphatic carbocycles. The van der Waals surface area contributed by atoms with Crippen molar-refractivity contribution in [3.8, 4) is 12.0 Å². The van der Waals surface area contributed by atoms with Gasteiger partial charge in [0, 0.05) is 13.1 Å². The topological polar surface area (TPSA) is 78.8 Å². The summed E-state index contributed by atoms with van der Waals surface area (Å²) in [5.41, 5.74) is 0. The van der Waals surface area contributed by atoms with E-state index in [0.717, 1.165) is 13.1 Å². The lowest BCUT2D eigenvalue weighted by atomic mass is 10.5. The van der Waals surface area contributed by atoms with Gasteiger partial charge in [-0.1, -0.05) is 0 Å². The fourth-order valence-electron chi connectivity index (χ4n) is 1.45. The second-order valence-corrected chi connectivity index (χ2v) is 3.54. The Morgan fingerprint density at radius 3 is 2.22 bits per heavy atom. The molecule has 0 saturated carbocycles. The number of morpholine rings is 1. The van der Waals surface area contributed by atoms with Gasteiger partial charge in [0.2, 0.25) is 0 Å². The third kappa shape index (κ3) is 3.49. The quantitative estimate of drug-likeness (QED) is 0.707. The predicted molar refractivity (Wildman–Crippen MR) is 60.1 cm³/mol. The van der Waals surface area contributed by atoms with Gasteiger partial charge in [0.25, 0.3) is 0 Å². The van der Waals surface area contributed by atoms with E-state index in [4.69, 9.17) is 19.0 Å². The highest BCUT2D eigenvalue weighted by Gasteiger charge is 2.13. The normalized spacial score (nSPS) is 16.6. The van der Waals surface area contributed by atoms with Crippen molar-refractivity contribution in [2.24, 2.45) is 0 Å². The number of rotatable bonds is 5. The Hall–Kier alpha value is -1.51. The molecule has 0 atom stereocenters. The van der Waals surface area contributed by atoms with E-state index in [-0.39, 0.29) is 18.6 Å². The van der Waals surface area contributed by atoms with Crippen molar-refractivity contribution in [1.82, 2.24) is 20.0 Å². The van der Waals surface area contributed by atoms with Gasteiger partial charge in [-0.3, -0.25) is 4.84 Å². The van der Waals surface area contributed by atoms with Gasteiger partial charge in [-0.15, -0.1) is 4.98 Å². The van der Waals surface area contributed by atoms with Gasteiger partial charge >= 0.3 is 12.0 Å². The Bertz CT molecular complexity index is 362. The summed E-state index contributed by atoms with van der Waals surface area (Å²) in [4.78, 5) is 17.6. The standard InChI is InChI=1S/C10H16N4O4/c1-15-9-11-8(12-10(13-9)16-2)7-18-14-3-5-17-6-4-14/h3-7H2,1-2H3. The third-order valence-electron chi connectivity index (χ3n) is 2.35. The highest BCUT2D eigenvalue weighted by molar-refractivity contribution is 5.04. The molecule has 1 saturated heterocycles. The average molecular weight is 256 g/mol. The summed E-state index contributed by atoms with van der Waals surface area (Å²) < 4.78 is 15.1. The fraction of sp³-hybridized carbons (Fsp3) is 0.700. The van der Waals surface area contributed by atoms with Crippen LogP contribution < -0.4 is 9.47 Å². The minimum atomic E-state index is 0.211.